The number of nitrogens with two attached hydrogens (primary N) is 1. The first-order chi connectivity index (χ1) is 23.7. The Balaban J connectivity index is 0.00000186. The molecule has 4 fully saturated rings. The Kier molecular flexibility index (Phi) is 8.87. The minimum Gasteiger partial charge on any atom is -0.461 e. The van der Waals surface area contributed by atoms with Crippen molar-refractivity contribution in [2.24, 2.45) is 17.3 Å². The largest absolute Gasteiger partial charge is 0.461 e. The summed E-state index contributed by atoms with van der Waals surface area (Å²) in [5, 5.41) is 1.43. The Morgan fingerprint density at radius 2 is 1.92 bits per heavy atom. The molecule has 2 saturated carbocycles. The number of pyridine rings is 1. The van der Waals surface area contributed by atoms with Gasteiger partial charge in [0.1, 0.15) is 29.5 Å². The monoisotopic (exact) mass is 668 g/mol. The highest BCUT2D eigenvalue weighted by molar-refractivity contribution is 6.03. The third-order valence-electron chi connectivity index (χ3n) is 11.1. The molecule has 2 saturated heterocycles. The molecular formula is C39H46F2N6O2. The second kappa shape index (κ2) is 13.0. The number of terminal acetylenes is 1. The number of aromatic nitrogens is 3. The van der Waals surface area contributed by atoms with Crippen molar-refractivity contribution in [2.75, 3.05) is 56.6 Å². The van der Waals surface area contributed by atoms with Crippen LogP contribution in [0.2, 0.25) is 0 Å². The lowest BCUT2D eigenvalue weighted by Gasteiger charge is -2.39. The van der Waals surface area contributed by atoms with Crippen molar-refractivity contribution in [3.8, 4) is 29.6 Å². The molecule has 2 aliphatic carbocycles. The summed E-state index contributed by atoms with van der Waals surface area (Å²) in [5.41, 5.74) is 7.12. The number of nitrogens with zero attached hydrogens (tertiary/aromatic N) is 5. The van der Waals surface area contributed by atoms with E-state index < -0.39 is 11.6 Å². The van der Waals surface area contributed by atoms with Crippen LogP contribution >= 0.6 is 0 Å². The lowest BCUT2D eigenvalue weighted by atomic mass is 9.83. The lowest BCUT2D eigenvalue weighted by Crippen LogP contribution is -2.51. The van der Waals surface area contributed by atoms with E-state index in [0.717, 1.165) is 19.0 Å². The van der Waals surface area contributed by atoms with Crippen LogP contribution in [0.15, 0.2) is 30.5 Å². The van der Waals surface area contributed by atoms with E-state index in [1.165, 1.54) is 38.2 Å². The van der Waals surface area contributed by atoms with Crippen molar-refractivity contribution in [3.05, 3.63) is 47.7 Å². The first-order valence-electron chi connectivity index (χ1n) is 17.8. The Morgan fingerprint density at radius 1 is 1.12 bits per heavy atom. The molecule has 49 heavy (non-hydrogen) atoms. The number of hydrogen-bond acceptors (Lipinski definition) is 8. The van der Waals surface area contributed by atoms with Crippen LogP contribution in [-0.4, -0.2) is 71.4 Å². The number of hydrogen-bond donors (Lipinski definition) is 1. The first-order valence-corrected chi connectivity index (χ1v) is 17.8. The van der Waals surface area contributed by atoms with Crippen LogP contribution in [0.5, 0.6) is 6.01 Å². The fraction of sp³-hybridized carbons (Fsp3) is 0.513. The molecule has 2 N–H and O–H groups in total. The molecular weight excluding hydrogens is 622 g/mol. The first kappa shape index (κ1) is 33.4. The average molecular weight is 669 g/mol. The van der Waals surface area contributed by atoms with Crippen molar-refractivity contribution in [2.45, 2.75) is 65.3 Å². The van der Waals surface area contributed by atoms with Gasteiger partial charge in [0.15, 0.2) is 5.82 Å². The predicted octanol–water partition coefficient (Wildman–Crippen LogP) is 7.22. The molecule has 4 heterocycles. The summed E-state index contributed by atoms with van der Waals surface area (Å²) in [6.07, 6.45) is 13.5. The summed E-state index contributed by atoms with van der Waals surface area (Å²) < 4.78 is 44.2. The Labute approximate surface area is 287 Å². The summed E-state index contributed by atoms with van der Waals surface area (Å²) in [6, 6.07) is 6.28. The van der Waals surface area contributed by atoms with Crippen molar-refractivity contribution < 1.29 is 18.3 Å². The van der Waals surface area contributed by atoms with E-state index in [4.69, 9.17) is 31.6 Å². The maximum absolute atomic E-state index is 17.0. The summed E-state index contributed by atoms with van der Waals surface area (Å²) in [4.78, 5) is 18.9. The van der Waals surface area contributed by atoms with Gasteiger partial charge in [-0.05, 0) is 86.4 Å². The van der Waals surface area contributed by atoms with E-state index in [-0.39, 0.29) is 39.7 Å². The van der Waals surface area contributed by atoms with Gasteiger partial charge in [-0.1, -0.05) is 32.8 Å². The molecule has 258 valence electrons. The molecule has 2 aromatic heterocycles. The fourth-order valence-corrected chi connectivity index (χ4v) is 7.97. The van der Waals surface area contributed by atoms with Gasteiger partial charge in [0, 0.05) is 42.5 Å². The van der Waals surface area contributed by atoms with Gasteiger partial charge >= 0.3 is 6.01 Å². The minimum atomic E-state index is -0.671. The molecule has 0 bridgehead atoms. The number of anilines is 2. The van der Waals surface area contributed by atoms with Gasteiger partial charge in [0.05, 0.1) is 29.7 Å². The maximum atomic E-state index is 17.0. The molecule has 2 aromatic carbocycles. The quantitative estimate of drug-likeness (QED) is 0.163. The molecule has 10 heteroatoms. The molecule has 8 nitrogen and oxygen atoms in total. The van der Waals surface area contributed by atoms with Crippen LogP contribution in [0.1, 0.15) is 65.4 Å². The van der Waals surface area contributed by atoms with Crippen LogP contribution < -0.4 is 15.4 Å². The molecule has 0 amide bonds. The smallest absolute Gasteiger partial charge is 0.319 e. The molecule has 2 aliphatic heterocycles. The van der Waals surface area contributed by atoms with Crippen LogP contribution in [0, 0.1) is 41.2 Å². The predicted molar refractivity (Wildman–Crippen MR) is 191 cm³/mol. The van der Waals surface area contributed by atoms with Crippen LogP contribution in [0.25, 0.3) is 32.9 Å². The van der Waals surface area contributed by atoms with Gasteiger partial charge in [-0.3, -0.25) is 9.88 Å². The second-order valence-corrected chi connectivity index (χ2v) is 14.4. The van der Waals surface area contributed by atoms with Gasteiger partial charge in [-0.2, -0.15) is 9.97 Å². The summed E-state index contributed by atoms with van der Waals surface area (Å²) in [5.74, 6) is 2.76. The van der Waals surface area contributed by atoms with Crippen molar-refractivity contribution in [1.82, 2.24) is 19.9 Å². The number of likely N-dealkylation sites (tertiary alicyclic amines) is 1. The minimum absolute atomic E-state index is 0.0182. The lowest BCUT2D eigenvalue weighted by molar-refractivity contribution is 0.0443. The Bertz CT molecular complexity index is 1940. The van der Waals surface area contributed by atoms with Gasteiger partial charge < -0.3 is 20.1 Å². The van der Waals surface area contributed by atoms with Gasteiger partial charge in [-0.25, -0.2) is 8.78 Å². The standard InChI is InChI=1S/C37H40F2N6O2.C2H6/c1-4-26-29(38)8-7-24-15-25(40)16-27(30(24)26)32-31(39)33-28(17-41-32)34(44-13-14-46-20-22(2)18-44)43-35(42-33)47-21-36(3)37(9-10-37)11-12-45(36)19-23-5-6-23;1-2/h1,7-8,15-17,22-23H,5-6,9-14,18-21,40H2,2-3H3;1-2H3/t22?,36-;/m0./s1. The zero-order valence-electron chi connectivity index (χ0n) is 29.0. The van der Waals surface area contributed by atoms with E-state index in [1.54, 1.807) is 24.4 Å². The van der Waals surface area contributed by atoms with E-state index >= 15 is 4.39 Å². The fourth-order valence-electron chi connectivity index (χ4n) is 7.97. The number of rotatable bonds is 7. The molecule has 2 atom stereocenters. The number of nitrogen functional groups attached to an aromatic ring is 1. The van der Waals surface area contributed by atoms with E-state index in [1.807, 2.05) is 13.8 Å². The zero-order valence-corrected chi connectivity index (χ0v) is 29.0. The Hall–Kier alpha value is -4.07. The molecule has 8 rings (SSSR count). The van der Waals surface area contributed by atoms with Crippen LogP contribution in [-0.2, 0) is 4.74 Å². The van der Waals surface area contributed by atoms with Gasteiger partial charge in [-0.15, -0.1) is 6.42 Å². The molecule has 1 spiro atoms. The van der Waals surface area contributed by atoms with Crippen molar-refractivity contribution >= 4 is 33.2 Å². The Morgan fingerprint density at radius 3 is 2.65 bits per heavy atom. The normalized spacial score (nSPS) is 23.3. The SMILES string of the molecule is C#Cc1c(F)ccc2cc(N)cc(-c3ncc4c(N5CCOCC(C)C5)nc(OC[C@]5(C)N(CC6CC6)CCC56CC6)nc4c3F)c12.CC. The average Bonchev–Trinajstić information content (AvgIpc) is 4.03. The number of fused-ring (bicyclic) bond motifs is 2. The van der Waals surface area contributed by atoms with Crippen molar-refractivity contribution in [3.63, 3.8) is 0 Å². The third kappa shape index (κ3) is 5.95. The topological polar surface area (TPSA) is 89.6 Å². The third-order valence-corrected chi connectivity index (χ3v) is 11.1. The highest BCUT2D eigenvalue weighted by Crippen LogP contribution is 2.63. The number of ether oxygens (including phenoxy) is 2. The van der Waals surface area contributed by atoms with Gasteiger partial charge in [0.25, 0.3) is 0 Å². The van der Waals surface area contributed by atoms with E-state index in [0.29, 0.717) is 66.1 Å². The molecule has 4 aliphatic rings. The molecule has 1 unspecified atom stereocenters. The number of benzene rings is 2. The molecule has 0 radical (unpaired) electrons. The second-order valence-electron chi connectivity index (χ2n) is 14.4. The van der Waals surface area contributed by atoms with Crippen LogP contribution in [0.3, 0.4) is 0 Å². The van der Waals surface area contributed by atoms with Crippen molar-refractivity contribution in [1.29, 1.82) is 0 Å². The molecule has 4 aromatic rings. The summed E-state index contributed by atoms with van der Waals surface area (Å²) >= 11 is 0. The zero-order chi connectivity index (χ0) is 34.5. The number of halogens is 2. The van der Waals surface area contributed by atoms with E-state index in [9.17, 15) is 4.39 Å². The highest BCUT2D eigenvalue weighted by atomic mass is 19.1. The maximum Gasteiger partial charge on any atom is 0.319 e. The summed E-state index contributed by atoms with van der Waals surface area (Å²) in [7, 11) is 0. The summed E-state index contributed by atoms with van der Waals surface area (Å²) in [6.45, 7) is 13.4. The van der Waals surface area contributed by atoms with Crippen LogP contribution in [0.4, 0.5) is 20.3 Å². The highest BCUT2D eigenvalue weighted by Gasteiger charge is 2.63. The van der Waals surface area contributed by atoms with E-state index in [2.05, 4.69) is 34.6 Å². The van der Waals surface area contributed by atoms with Gasteiger partial charge in [0.2, 0.25) is 0 Å².